The van der Waals surface area contributed by atoms with Crippen LogP contribution in [0.4, 0.5) is 0 Å². The molecule has 0 aliphatic heterocycles. The lowest BCUT2D eigenvalue weighted by Gasteiger charge is -2.22. The molecule has 1 heterocycles. The molecule has 1 aliphatic carbocycles. The summed E-state index contributed by atoms with van der Waals surface area (Å²) in [6.45, 7) is 9.90. The molecule has 0 unspecified atom stereocenters. The Hall–Kier alpha value is -1.84. The number of benzene rings is 1. The number of thioether (sulfide) groups is 1. The lowest BCUT2D eigenvalue weighted by Crippen LogP contribution is -2.31. The van der Waals surface area contributed by atoms with Gasteiger partial charge in [-0.1, -0.05) is 31.7 Å². The number of fused-ring (bicyclic) bond motifs is 1. The van der Waals surface area contributed by atoms with Crippen LogP contribution < -0.4 is 0 Å². The zero-order valence-corrected chi connectivity index (χ0v) is 20.4. The van der Waals surface area contributed by atoms with E-state index < -0.39 is 10.0 Å². The smallest absolute Gasteiger partial charge is 0.243 e. The van der Waals surface area contributed by atoms with Gasteiger partial charge in [-0.3, -0.25) is 4.79 Å². The van der Waals surface area contributed by atoms with Crippen LogP contribution in [0.2, 0.25) is 0 Å². The highest BCUT2D eigenvalue weighted by molar-refractivity contribution is 7.99. The Morgan fingerprint density at radius 2 is 1.90 bits per heavy atom. The molecule has 0 radical (unpaired) electrons. The van der Waals surface area contributed by atoms with E-state index in [1.165, 1.54) is 16.1 Å². The lowest BCUT2D eigenvalue weighted by atomic mass is 10.3. The van der Waals surface area contributed by atoms with Crippen molar-refractivity contribution >= 4 is 38.7 Å². The van der Waals surface area contributed by atoms with E-state index in [2.05, 4.69) is 11.1 Å². The second-order valence-corrected chi connectivity index (χ2v) is 10.3. The maximum absolute atomic E-state index is 12.9. The molecule has 2 aromatic rings. The minimum absolute atomic E-state index is 0.0835. The number of amides is 1. The van der Waals surface area contributed by atoms with Crippen molar-refractivity contribution in [3.8, 4) is 0 Å². The van der Waals surface area contributed by atoms with Crippen molar-refractivity contribution in [3.05, 3.63) is 30.0 Å². The molecule has 1 amide bonds. The summed E-state index contributed by atoms with van der Waals surface area (Å²) in [6, 6.07) is 5.10. The third kappa shape index (κ3) is 4.83. The Labute approximate surface area is 189 Å². The van der Waals surface area contributed by atoms with Crippen LogP contribution in [0.5, 0.6) is 0 Å². The average molecular weight is 465 g/mol. The molecular weight excluding hydrogens is 432 g/mol. The third-order valence-corrected chi connectivity index (χ3v) is 8.66. The summed E-state index contributed by atoms with van der Waals surface area (Å²) in [6.07, 6.45) is 5.26. The number of sulfonamides is 1. The van der Waals surface area contributed by atoms with Crippen molar-refractivity contribution in [1.82, 2.24) is 18.8 Å². The van der Waals surface area contributed by atoms with E-state index in [4.69, 9.17) is 0 Å². The van der Waals surface area contributed by atoms with Crippen molar-refractivity contribution < 1.29 is 13.2 Å². The minimum Gasteiger partial charge on any atom is -0.319 e. The number of hydrogen-bond acceptors (Lipinski definition) is 5. The highest BCUT2D eigenvalue weighted by Crippen LogP contribution is 2.28. The molecule has 7 nitrogen and oxygen atoms in total. The van der Waals surface area contributed by atoms with Gasteiger partial charge in [0.25, 0.3) is 0 Å². The molecule has 1 aromatic carbocycles. The van der Waals surface area contributed by atoms with Crippen LogP contribution in [-0.4, -0.2) is 58.5 Å². The van der Waals surface area contributed by atoms with Gasteiger partial charge >= 0.3 is 0 Å². The molecule has 0 bridgehead atoms. The largest absolute Gasteiger partial charge is 0.319 e. The number of carbonyl (C=O) groups excluding carboxylic acids is 1. The second-order valence-electron chi connectivity index (χ2n) is 7.39. The van der Waals surface area contributed by atoms with E-state index in [0.29, 0.717) is 37.4 Å². The maximum atomic E-state index is 12.9. The minimum atomic E-state index is -3.54. The molecule has 1 aliphatic rings. The van der Waals surface area contributed by atoms with Crippen LogP contribution in [0.25, 0.3) is 11.0 Å². The summed E-state index contributed by atoms with van der Waals surface area (Å²) in [5.74, 6) is 0.388. The van der Waals surface area contributed by atoms with Crippen LogP contribution in [-0.2, 0) is 21.4 Å². The maximum Gasteiger partial charge on any atom is 0.243 e. The van der Waals surface area contributed by atoms with E-state index in [0.717, 1.165) is 35.6 Å². The van der Waals surface area contributed by atoms with Crippen molar-refractivity contribution in [2.75, 3.05) is 25.4 Å². The number of carbonyl (C=O) groups is 1. The van der Waals surface area contributed by atoms with Gasteiger partial charge in [-0.25, -0.2) is 13.4 Å². The number of imidazole rings is 1. The van der Waals surface area contributed by atoms with Gasteiger partial charge in [0.05, 0.1) is 21.7 Å². The third-order valence-electron chi connectivity index (χ3n) is 5.65. The van der Waals surface area contributed by atoms with E-state index in [1.54, 1.807) is 12.1 Å². The first kappa shape index (κ1) is 23.8. The quantitative estimate of drug-likeness (QED) is 0.495. The molecule has 1 aromatic heterocycles. The fourth-order valence-corrected chi connectivity index (χ4v) is 6.45. The van der Waals surface area contributed by atoms with E-state index >= 15 is 0 Å². The van der Waals surface area contributed by atoms with Crippen molar-refractivity contribution in [2.45, 2.75) is 63.6 Å². The zero-order chi connectivity index (χ0) is 22.6. The van der Waals surface area contributed by atoms with Crippen LogP contribution in [0.1, 0.15) is 47.0 Å². The number of aryl methyl sites for hydroxylation is 1. The molecule has 0 fully saturated rings. The van der Waals surface area contributed by atoms with Crippen molar-refractivity contribution in [3.63, 3.8) is 0 Å². The Morgan fingerprint density at radius 1 is 1.16 bits per heavy atom. The van der Waals surface area contributed by atoms with Gasteiger partial charge in [-0.05, 0) is 51.3 Å². The molecular formula is C22H32N4O3S2. The molecule has 0 N–H and O–H groups in total. The summed E-state index contributed by atoms with van der Waals surface area (Å²) in [5.41, 5.74) is 2.64. The Morgan fingerprint density at radius 3 is 2.48 bits per heavy atom. The molecule has 170 valence electrons. The first-order valence-electron chi connectivity index (χ1n) is 11.0. The predicted octanol–water partition coefficient (Wildman–Crippen LogP) is 4.10. The summed E-state index contributed by atoms with van der Waals surface area (Å²) in [4.78, 5) is 19.6. The number of allylic oxidation sites excluding steroid dienone is 2. The first-order chi connectivity index (χ1) is 14.9. The van der Waals surface area contributed by atoms with Crippen molar-refractivity contribution in [2.24, 2.45) is 0 Å². The van der Waals surface area contributed by atoms with Gasteiger partial charge in [0.15, 0.2) is 5.16 Å². The SMILES string of the molecule is CCN(C(=O)CSc1nc2cc(S(=O)(=O)N(CC)CC)ccc2n1CC)C1=CCCC1. The predicted molar refractivity (Wildman–Crippen MR) is 126 cm³/mol. The van der Waals surface area contributed by atoms with Gasteiger partial charge in [0, 0.05) is 31.9 Å². The van der Waals surface area contributed by atoms with Gasteiger partial charge in [0.1, 0.15) is 0 Å². The van der Waals surface area contributed by atoms with E-state index in [1.807, 2.05) is 43.2 Å². The molecule has 0 saturated heterocycles. The number of hydrogen-bond donors (Lipinski definition) is 0. The summed E-state index contributed by atoms with van der Waals surface area (Å²) in [5, 5.41) is 0.736. The number of aromatic nitrogens is 2. The van der Waals surface area contributed by atoms with E-state index in [-0.39, 0.29) is 10.8 Å². The highest BCUT2D eigenvalue weighted by Gasteiger charge is 2.24. The highest BCUT2D eigenvalue weighted by atomic mass is 32.2. The molecule has 0 saturated carbocycles. The monoisotopic (exact) mass is 464 g/mol. The fourth-order valence-electron chi connectivity index (χ4n) is 4.02. The van der Waals surface area contributed by atoms with Crippen LogP contribution in [0, 0.1) is 0 Å². The van der Waals surface area contributed by atoms with Gasteiger partial charge in [0.2, 0.25) is 15.9 Å². The standard InChI is InChI=1S/C22H32N4O3S2/c1-5-24(6-2)31(28,29)18-13-14-20-19(15-18)23-22(26(20)8-4)30-16-21(27)25(7-3)17-11-9-10-12-17/h11,13-15H,5-10,12,16H2,1-4H3. The number of rotatable bonds is 10. The molecule has 31 heavy (non-hydrogen) atoms. The summed E-state index contributed by atoms with van der Waals surface area (Å²) < 4.78 is 29.2. The lowest BCUT2D eigenvalue weighted by molar-refractivity contribution is -0.126. The molecule has 9 heteroatoms. The van der Waals surface area contributed by atoms with Crippen LogP contribution >= 0.6 is 11.8 Å². The van der Waals surface area contributed by atoms with Gasteiger partial charge < -0.3 is 9.47 Å². The first-order valence-corrected chi connectivity index (χ1v) is 13.4. The van der Waals surface area contributed by atoms with Crippen LogP contribution in [0.3, 0.4) is 0 Å². The average Bonchev–Trinajstić information content (AvgIpc) is 3.40. The summed E-state index contributed by atoms with van der Waals surface area (Å²) in [7, 11) is -3.54. The fraction of sp³-hybridized carbons (Fsp3) is 0.545. The molecule has 3 rings (SSSR count). The van der Waals surface area contributed by atoms with Gasteiger partial charge in [-0.2, -0.15) is 4.31 Å². The Bertz CT molecular complexity index is 1070. The van der Waals surface area contributed by atoms with E-state index in [9.17, 15) is 13.2 Å². The molecule has 0 spiro atoms. The normalized spacial score (nSPS) is 14.4. The van der Waals surface area contributed by atoms with Crippen molar-refractivity contribution in [1.29, 1.82) is 0 Å². The Kier molecular flexibility index (Phi) is 7.82. The zero-order valence-electron chi connectivity index (χ0n) is 18.8. The topological polar surface area (TPSA) is 75.5 Å². The molecule has 0 atom stereocenters. The Balaban J connectivity index is 1.85. The summed E-state index contributed by atoms with van der Waals surface area (Å²) >= 11 is 1.41. The van der Waals surface area contributed by atoms with Crippen LogP contribution in [0.15, 0.2) is 40.0 Å². The van der Waals surface area contributed by atoms with Gasteiger partial charge in [-0.15, -0.1) is 0 Å². The number of nitrogens with zero attached hydrogens (tertiary/aromatic N) is 4. The second kappa shape index (κ2) is 10.2.